The predicted molar refractivity (Wildman–Crippen MR) is 81.3 cm³/mol. The number of amides is 1. The number of nitrogens with one attached hydrogen (secondary N) is 1. The minimum atomic E-state index is -0.951. The van der Waals surface area contributed by atoms with Gasteiger partial charge in [-0.05, 0) is 37.1 Å². The Morgan fingerprint density at radius 3 is 2.57 bits per heavy atom. The molecule has 1 atom stereocenters. The molecule has 2 N–H and O–H groups in total. The molecule has 5 nitrogen and oxygen atoms in total. The van der Waals surface area contributed by atoms with Crippen molar-refractivity contribution >= 4 is 22.8 Å². The van der Waals surface area contributed by atoms with Gasteiger partial charge in [0, 0.05) is 23.1 Å². The summed E-state index contributed by atoms with van der Waals surface area (Å²) in [6.45, 7) is 6.33. The van der Waals surface area contributed by atoms with E-state index in [4.69, 9.17) is 5.11 Å². The highest BCUT2D eigenvalue weighted by atomic mass is 16.4. The van der Waals surface area contributed by atoms with E-state index in [0.717, 1.165) is 10.9 Å². The molecule has 1 aromatic heterocycles. The summed E-state index contributed by atoms with van der Waals surface area (Å²) >= 11 is 0. The largest absolute Gasteiger partial charge is 0.478 e. The van der Waals surface area contributed by atoms with Gasteiger partial charge in [0.1, 0.15) is 6.54 Å². The topological polar surface area (TPSA) is 71.3 Å². The Morgan fingerprint density at radius 1 is 1.24 bits per heavy atom. The quantitative estimate of drug-likeness (QED) is 0.888. The molecule has 2 aromatic rings. The maximum absolute atomic E-state index is 12.0. The summed E-state index contributed by atoms with van der Waals surface area (Å²) < 4.78 is 1.82. The maximum Gasteiger partial charge on any atom is 0.335 e. The van der Waals surface area contributed by atoms with E-state index in [-0.39, 0.29) is 24.1 Å². The smallest absolute Gasteiger partial charge is 0.335 e. The van der Waals surface area contributed by atoms with Crippen molar-refractivity contribution in [3.8, 4) is 0 Å². The first-order chi connectivity index (χ1) is 9.88. The molecule has 112 valence electrons. The van der Waals surface area contributed by atoms with Crippen LogP contribution in [0.3, 0.4) is 0 Å². The van der Waals surface area contributed by atoms with Crippen molar-refractivity contribution in [3.05, 3.63) is 36.0 Å². The highest BCUT2D eigenvalue weighted by molar-refractivity contribution is 5.94. The Morgan fingerprint density at radius 2 is 1.95 bits per heavy atom. The molecule has 1 unspecified atom stereocenters. The third-order valence-corrected chi connectivity index (χ3v) is 3.72. The Bertz CT molecular complexity index is 673. The molecule has 1 heterocycles. The zero-order valence-corrected chi connectivity index (χ0v) is 12.5. The van der Waals surface area contributed by atoms with Crippen LogP contribution in [0.25, 0.3) is 10.9 Å². The van der Waals surface area contributed by atoms with Crippen LogP contribution in [0.1, 0.15) is 31.1 Å². The summed E-state index contributed by atoms with van der Waals surface area (Å²) in [5, 5.41) is 12.8. The zero-order chi connectivity index (χ0) is 15.6. The maximum atomic E-state index is 12.0. The summed E-state index contributed by atoms with van der Waals surface area (Å²) in [5.74, 6) is -0.613. The number of aromatic nitrogens is 1. The fourth-order valence-corrected chi connectivity index (χ4v) is 2.09. The van der Waals surface area contributed by atoms with Gasteiger partial charge in [0.25, 0.3) is 0 Å². The molecular weight excluding hydrogens is 268 g/mol. The number of rotatable bonds is 5. The van der Waals surface area contributed by atoms with Crippen LogP contribution in [-0.2, 0) is 11.3 Å². The molecule has 0 aliphatic carbocycles. The van der Waals surface area contributed by atoms with Crippen molar-refractivity contribution in [2.24, 2.45) is 5.92 Å². The van der Waals surface area contributed by atoms with Gasteiger partial charge in [0.15, 0.2) is 0 Å². The highest BCUT2D eigenvalue weighted by Crippen LogP contribution is 2.18. The SMILES string of the molecule is CC(C)C(C)NC(=O)Cn1ccc2cc(C(=O)O)ccc21. The lowest BCUT2D eigenvalue weighted by molar-refractivity contribution is -0.122. The van der Waals surface area contributed by atoms with Gasteiger partial charge in [-0.15, -0.1) is 0 Å². The van der Waals surface area contributed by atoms with Crippen LogP contribution in [0.4, 0.5) is 0 Å². The standard InChI is InChI=1S/C16H20N2O3/c1-10(2)11(3)17-15(19)9-18-7-6-12-8-13(16(20)21)4-5-14(12)18/h4-8,10-11H,9H2,1-3H3,(H,17,19)(H,20,21). The van der Waals surface area contributed by atoms with E-state index >= 15 is 0 Å². The number of carboxylic acid groups (broad SMARTS) is 1. The fourth-order valence-electron chi connectivity index (χ4n) is 2.09. The molecule has 0 bridgehead atoms. The van der Waals surface area contributed by atoms with Gasteiger partial charge in [-0.25, -0.2) is 4.79 Å². The van der Waals surface area contributed by atoms with Gasteiger partial charge in [-0.3, -0.25) is 4.79 Å². The Labute approximate surface area is 123 Å². The van der Waals surface area contributed by atoms with E-state index < -0.39 is 5.97 Å². The molecule has 21 heavy (non-hydrogen) atoms. The normalized spacial score (nSPS) is 12.6. The Hall–Kier alpha value is -2.30. The minimum Gasteiger partial charge on any atom is -0.478 e. The van der Waals surface area contributed by atoms with E-state index in [0.29, 0.717) is 5.92 Å². The number of hydrogen-bond acceptors (Lipinski definition) is 2. The zero-order valence-electron chi connectivity index (χ0n) is 12.5. The molecule has 0 saturated carbocycles. The molecule has 0 saturated heterocycles. The number of nitrogens with zero attached hydrogens (tertiary/aromatic N) is 1. The van der Waals surface area contributed by atoms with Gasteiger partial charge < -0.3 is 15.0 Å². The van der Waals surface area contributed by atoms with E-state index in [2.05, 4.69) is 19.2 Å². The predicted octanol–water partition coefficient (Wildman–Crippen LogP) is 2.50. The monoisotopic (exact) mass is 288 g/mol. The van der Waals surface area contributed by atoms with Crippen LogP contribution in [0.5, 0.6) is 0 Å². The number of benzene rings is 1. The molecule has 1 amide bonds. The van der Waals surface area contributed by atoms with Crippen LogP contribution < -0.4 is 5.32 Å². The Kier molecular flexibility index (Phi) is 4.31. The molecule has 1 aromatic carbocycles. The van der Waals surface area contributed by atoms with Crippen LogP contribution in [-0.4, -0.2) is 27.6 Å². The molecular formula is C16H20N2O3. The number of aromatic carboxylic acids is 1. The summed E-state index contributed by atoms with van der Waals surface area (Å²) in [5.41, 5.74) is 1.10. The third kappa shape index (κ3) is 3.42. The first-order valence-corrected chi connectivity index (χ1v) is 7.00. The molecule has 2 rings (SSSR count). The second-order valence-electron chi connectivity index (χ2n) is 5.62. The summed E-state index contributed by atoms with van der Waals surface area (Å²) in [6.07, 6.45) is 1.80. The van der Waals surface area contributed by atoms with Crippen molar-refractivity contribution in [1.82, 2.24) is 9.88 Å². The average molecular weight is 288 g/mol. The lowest BCUT2D eigenvalue weighted by atomic mass is 10.1. The van der Waals surface area contributed by atoms with Gasteiger partial charge in [-0.1, -0.05) is 13.8 Å². The average Bonchev–Trinajstić information content (AvgIpc) is 2.80. The fraction of sp³-hybridized carbons (Fsp3) is 0.375. The van der Waals surface area contributed by atoms with Crippen molar-refractivity contribution in [1.29, 1.82) is 0 Å². The minimum absolute atomic E-state index is 0.0454. The summed E-state index contributed by atoms with van der Waals surface area (Å²) in [6, 6.07) is 6.84. The third-order valence-electron chi connectivity index (χ3n) is 3.72. The number of fused-ring (bicyclic) bond motifs is 1. The van der Waals surface area contributed by atoms with Gasteiger partial charge in [0.2, 0.25) is 5.91 Å². The lowest BCUT2D eigenvalue weighted by Gasteiger charge is -2.17. The lowest BCUT2D eigenvalue weighted by Crippen LogP contribution is -2.38. The highest BCUT2D eigenvalue weighted by Gasteiger charge is 2.12. The van der Waals surface area contributed by atoms with Gasteiger partial charge in [-0.2, -0.15) is 0 Å². The van der Waals surface area contributed by atoms with Crippen LogP contribution >= 0.6 is 0 Å². The van der Waals surface area contributed by atoms with Gasteiger partial charge >= 0.3 is 5.97 Å². The first-order valence-electron chi connectivity index (χ1n) is 7.00. The number of carbonyl (C=O) groups is 2. The Balaban J connectivity index is 2.16. The molecule has 0 spiro atoms. The molecule has 0 aliphatic rings. The molecule has 0 fully saturated rings. The molecule has 5 heteroatoms. The van der Waals surface area contributed by atoms with Crippen molar-refractivity contribution < 1.29 is 14.7 Å². The van der Waals surface area contributed by atoms with Crippen molar-refractivity contribution in [2.45, 2.75) is 33.4 Å². The molecule has 0 aliphatic heterocycles. The van der Waals surface area contributed by atoms with Crippen LogP contribution in [0, 0.1) is 5.92 Å². The second kappa shape index (κ2) is 5.99. The first kappa shape index (κ1) is 15.1. The summed E-state index contributed by atoms with van der Waals surface area (Å²) in [7, 11) is 0. The second-order valence-corrected chi connectivity index (χ2v) is 5.62. The van der Waals surface area contributed by atoms with E-state index in [1.807, 2.05) is 17.6 Å². The van der Waals surface area contributed by atoms with E-state index in [9.17, 15) is 9.59 Å². The van der Waals surface area contributed by atoms with Crippen molar-refractivity contribution in [2.75, 3.05) is 0 Å². The van der Waals surface area contributed by atoms with E-state index in [1.165, 1.54) is 0 Å². The van der Waals surface area contributed by atoms with Crippen LogP contribution in [0.2, 0.25) is 0 Å². The molecule has 0 radical (unpaired) electrons. The van der Waals surface area contributed by atoms with Crippen molar-refractivity contribution in [3.63, 3.8) is 0 Å². The number of carboxylic acids is 1. The number of carbonyl (C=O) groups excluding carboxylic acids is 1. The number of hydrogen-bond donors (Lipinski definition) is 2. The van der Waals surface area contributed by atoms with E-state index in [1.54, 1.807) is 24.4 Å². The summed E-state index contributed by atoms with van der Waals surface area (Å²) in [4.78, 5) is 23.0. The van der Waals surface area contributed by atoms with Crippen LogP contribution in [0.15, 0.2) is 30.5 Å². The van der Waals surface area contributed by atoms with Gasteiger partial charge in [0.05, 0.1) is 5.56 Å².